The number of nitrogens with two attached hydrogens (primary N) is 1. The molecule has 0 aliphatic heterocycles. The summed E-state index contributed by atoms with van der Waals surface area (Å²) in [5.74, 6) is -0.560. The number of rotatable bonds is 10. The van der Waals surface area contributed by atoms with E-state index in [0.717, 1.165) is 13.1 Å². The van der Waals surface area contributed by atoms with Gasteiger partial charge in [0, 0.05) is 45.8 Å². The van der Waals surface area contributed by atoms with Crippen molar-refractivity contribution in [2.45, 2.75) is 6.42 Å². The molecule has 0 radical (unpaired) electrons. The molecule has 0 saturated heterocycles. The summed E-state index contributed by atoms with van der Waals surface area (Å²) in [4.78, 5) is 14.2. The van der Waals surface area contributed by atoms with Crippen molar-refractivity contribution in [1.82, 2.24) is 4.90 Å². The third-order valence-electron chi connectivity index (χ3n) is 3.20. The van der Waals surface area contributed by atoms with Crippen molar-refractivity contribution in [3.05, 3.63) is 29.6 Å². The molecule has 0 heterocycles. The first kappa shape index (κ1) is 17.6. The van der Waals surface area contributed by atoms with Gasteiger partial charge >= 0.3 is 0 Å². The summed E-state index contributed by atoms with van der Waals surface area (Å²) in [6.07, 6.45) is 0.346. The molecule has 0 aliphatic rings. The number of carbonyl (C=O) groups excluding carboxylic acids is 1. The van der Waals surface area contributed by atoms with E-state index in [1.807, 2.05) is 0 Å². The minimum absolute atomic E-state index is 0.00327. The molecule has 0 atom stereocenters. The normalized spacial score (nSPS) is 11.0. The fourth-order valence-corrected chi connectivity index (χ4v) is 1.90. The highest BCUT2D eigenvalue weighted by molar-refractivity contribution is 5.96. The van der Waals surface area contributed by atoms with Crippen LogP contribution in [-0.2, 0) is 9.47 Å². The molecule has 0 bridgehead atoms. The Bertz CT molecular complexity index is 447. The molecule has 1 aromatic rings. The second-order valence-corrected chi connectivity index (χ2v) is 4.74. The predicted octanol–water partition coefficient (Wildman–Crippen LogP) is 1.58. The van der Waals surface area contributed by atoms with Crippen LogP contribution in [0.2, 0.25) is 0 Å². The van der Waals surface area contributed by atoms with Crippen LogP contribution < -0.4 is 5.73 Å². The maximum Gasteiger partial charge on any atom is 0.164 e. The molecular weight excluding hydrogens is 275 g/mol. The van der Waals surface area contributed by atoms with Crippen molar-refractivity contribution in [3.8, 4) is 0 Å². The zero-order valence-electron chi connectivity index (χ0n) is 12.6. The number of ether oxygens (including phenoxy) is 2. The highest BCUT2D eigenvalue weighted by atomic mass is 19.1. The molecule has 0 fully saturated rings. The average molecular weight is 298 g/mol. The van der Waals surface area contributed by atoms with Gasteiger partial charge < -0.3 is 15.2 Å². The topological polar surface area (TPSA) is 64.8 Å². The monoisotopic (exact) mass is 298 g/mol. The molecule has 0 spiro atoms. The number of nitrogens with zero attached hydrogens (tertiary/aromatic N) is 1. The third-order valence-corrected chi connectivity index (χ3v) is 3.20. The molecule has 5 nitrogen and oxygen atoms in total. The fourth-order valence-electron chi connectivity index (χ4n) is 1.90. The lowest BCUT2D eigenvalue weighted by molar-refractivity contribution is 0.0911. The van der Waals surface area contributed by atoms with Gasteiger partial charge in [0.15, 0.2) is 5.78 Å². The summed E-state index contributed by atoms with van der Waals surface area (Å²) in [5, 5.41) is 0. The van der Waals surface area contributed by atoms with Crippen LogP contribution in [0, 0.1) is 5.82 Å². The van der Waals surface area contributed by atoms with Crippen LogP contribution in [0.15, 0.2) is 18.2 Å². The number of hydrogen-bond acceptors (Lipinski definition) is 5. The van der Waals surface area contributed by atoms with Crippen molar-refractivity contribution in [2.75, 3.05) is 52.8 Å². The van der Waals surface area contributed by atoms with Crippen molar-refractivity contribution in [3.63, 3.8) is 0 Å². The lowest BCUT2D eigenvalue weighted by Crippen LogP contribution is -2.32. The summed E-state index contributed by atoms with van der Waals surface area (Å²) in [5.41, 5.74) is 5.91. The number of nitrogen functional groups attached to an aromatic ring is 1. The van der Waals surface area contributed by atoms with Gasteiger partial charge in [0.1, 0.15) is 5.82 Å². The maximum atomic E-state index is 13.1. The van der Waals surface area contributed by atoms with E-state index in [1.54, 1.807) is 14.2 Å². The Morgan fingerprint density at radius 1 is 1.19 bits per heavy atom. The highest BCUT2D eigenvalue weighted by Gasteiger charge is 2.11. The highest BCUT2D eigenvalue weighted by Crippen LogP contribution is 2.14. The van der Waals surface area contributed by atoms with Crippen LogP contribution in [0.5, 0.6) is 0 Å². The Hall–Kier alpha value is -1.50. The first-order valence-electron chi connectivity index (χ1n) is 6.87. The number of methoxy groups -OCH3 is 2. The Morgan fingerprint density at radius 2 is 1.81 bits per heavy atom. The summed E-state index contributed by atoms with van der Waals surface area (Å²) in [6, 6.07) is 4.06. The van der Waals surface area contributed by atoms with Gasteiger partial charge in [-0.2, -0.15) is 0 Å². The molecule has 0 saturated carbocycles. The quantitative estimate of drug-likeness (QED) is 0.525. The number of ketones is 1. The molecule has 118 valence electrons. The molecule has 0 aromatic heterocycles. The third kappa shape index (κ3) is 6.20. The number of hydrogen-bond donors (Lipinski definition) is 1. The maximum absolute atomic E-state index is 13.1. The lowest BCUT2D eigenvalue weighted by Gasteiger charge is -2.21. The standard InChI is InChI=1S/C15H23FN2O3/c1-20-9-7-18(8-10-21-2)6-5-15(19)12-3-4-13(16)14(17)11-12/h3-4,11H,5-10,17H2,1-2H3. The van der Waals surface area contributed by atoms with Crippen LogP contribution in [0.1, 0.15) is 16.8 Å². The number of Topliss-reactive ketones (excluding diaryl/α,β-unsaturated/α-hetero) is 1. The number of benzene rings is 1. The first-order valence-corrected chi connectivity index (χ1v) is 6.87. The summed E-state index contributed by atoms with van der Waals surface area (Å²) in [6.45, 7) is 3.27. The Morgan fingerprint density at radius 3 is 2.33 bits per heavy atom. The van der Waals surface area contributed by atoms with Gasteiger partial charge in [-0.1, -0.05) is 0 Å². The van der Waals surface area contributed by atoms with Gasteiger partial charge in [0.2, 0.25) is 0 Å². The second-order valence-electron chi connectivity index (χ2n) is 4.74. The molecule has 21 heavy (non-hydrogen) atoms. The SMILES string of the molecule is COCCN(CCOC)CCC(=O)c1ccc(F)c(N)c1. The Kier molecular flexibility index (Phi) is 7.89. The summed E-state index contributed by atoms with van der Waals surface area (Å²) < 4.78 is 23.2. The first-order chi connectivity index (χ1) is 10.1. The smallest absolute Gasteiger partial charge is 0.164 e. The van der Waals surface area contributed by atoms with Gasteiger partial charge in [-0.25, -0.2) is 4.39 Å². The molecule has 0 amide bonds. The zero-order chi connectivity index (χ0) is 15.7. The summed E-state index contributed by atoms with van der Waals surface area (Å²) >= 11 is 0. The van der Waals surface area contributed by atoms with E-state index >= 15 is 0 Å². The van der Waals surface area contributed by atoms with E-state index in [4.69, 9.17) is 15.2 Å². The van der Waals surface area contributed by atoms with E-state index in [-0.39, 0.29) is 11.5 Å². The van der Waals surface area contributed by atoms with Crippen molar-refractivity contribution < 1.29 is 18.7 Å². The zero-order valence-corrected chi connectivity index (χ0v) is 12.6. The molecule has 0 aliphatic carbocycles. The van der Waals surface area contributed by atoms with Gasteiger partial charge in [0.25, 0.3) is 0 Å². The Labute approximate surface area is 124 Å². The number of halogens is 1. The van der Waals surface area contributed by atoms with Crippen LogP contribution in [0.25, 0.3) is 0 Å². The van der Waals surface area contributed by atoms with E-state index in [0.29, 0.717) is 31.7 Å². The molecule has 0 unspecified atom stereocenters. The van der Waals surface area contributed by atoms with Crippen molar-refractivity contribution in [1.29, 1.82) is 0 Å². The molecular formula is C15H23FN2O3. The van der Waals surface area contributed by atoms with E-state index < -0.39 is 5.82 Å². The van der Waals surface area contributed by atoms with Crippen molar-refractivity contribution >= 4 is 11.5 Å². The molecule has 1 aromatic carbocycles. The fraction of sp³-hybridized carbons (Fsp3) is 0.533. The minimum Gasteiger partial charge on any atom is -0.396 e. The second kappa shape index (κ2) is 9.44. The van der Waals surface area contributed by atoms with Crippen LogP contribution >= 0.6 is 0 Å². The van der Waals surface area contributed by atoms with Gasteiger partial charge in [0.05, 0.1) is 18.9 Å². The molecule has 6 heteroatoms. The van der Waals surface area contributed by atoms with Crippen LogP contribution in [0.4, 0.5) is 10.1 Å². The van der Waals surface area contributed by atoms with Gasteiger partial charge in [-0.15, -0.1) is 0 Å². The van der Waals surface area contributed by atoms with Crippen molar-refractivity contribution in [2.24, 2.45) is 0 Å². The largest absolute Gasteiger partial charge is 0.396 e. The summed E-state index contributed by atoms with van der Waals surface area (Å²) in [7, 11) is 3.28. The van der Waals surface area contributed by atoms with Gasteiger partial charge in [-0.3, -0.25) is 9.69 Å². The average Bonchev–Trinajstić information content (AvgIpc) is 2.49. The van der Waals surface area contributed by atoms with E-state index in [9.17, 15) is 9.18 Å². The van der Waals surface area contributed by atoms with E-state index in [1.165, 1.54) is 18.2 Å². The van der Waals surface area contributed by atoms with Crippen LogP contribution in [-0.4, -0.2) is 57.8 Å². The van der Waals surface area contributed by atoms with Crippen LogP contribution in [0.3, 0.4) is 0 Å². The lowest BCUT2D eigenvalue weighted by atomic mass is 10.1. The van der Waals surface area contributed by atoms with E-state index in [2.05, 4.69) is 4.90 Å². The number of carbonyl (C=O) groups is 1. The minimum atomic E-state index is -0.506. The number of anilines is 1. The predicted molar refractivity (Wildman–Crippen MR) is 80.0 cm³/mol. The van der Waals surface area contributed by atoms with Gasteiger partial charge in [-0.05, 0) is 18.2 Å². The molecule has 2 N–H and O–H groups in total. The molecule has 1 rings (SSSR count). The Balaban J connectivity index is 2.52.